The Morgan fingerprint density at radius 2 is 1.71 bits per heavy atom. The number of aryl methyl sites for hydroxylation is 2. The summed E-state index contributed by atoms with van der Waals surface area (Å²) < 4.78 is 22.9. The van der Waals surface area contributed by atoms with Gasteiger partial charge in [-0.3, -0.25) is 14.4 Å². The van der Waals surface area contributed by atoms with Crippen molar-refractivity contribution in [2.45, 2.75) is 27.3 Å². The molecule has 1 aliphatic rings. The highest BCUT2D eigenvalue weighted by molar-refractivity contribution is 9.10. The molecule has 0 spiro atoms. The number of amides is 3. The number of rotatable bonds is 10. The molecule has 4 rings (SSSR count). The van der Waals surface area contributed by atoms with E-state index in [9.17, 15) is 14.4 Å². The number of carbonyl (C=O) groups excluding carboxylic acids is 3. The average Bonchev–Trinajstić information content (AvgIpc) is 3.41. The predicted molar refractivity (Wildman–Crippen MR) is 156 cm³/mol. The van der Waals surface area contributed by atoms with Gasteiger partial charge in [0.25, 0.3) is 5.91 Å². The maximum atomic E-state index is 12.6. The van der Waals surface area contributed by atoms with Crippen molar-refractivity contribution in [2.24, 2.45) is 5.10 Å². The molecule has 0 unspecified atom stereocenters. The molecule has 1 heterocycles. The largest absolute Gasteiger partial charge is 0.490 e. The quantitative estimate of drug-likeness (QED) is 0.176. The molecular weight excluding hydrogens is 596 g/mol. The Kier molecular flexibility index (Phi) is 9.80. The Morgan fingerprint density at radius 1 is 0.951 bits per heavy atom. The van der Waals surface area contributed by atoms with Crippen molar-refractivity contribution in [1.82, 2.24) is 10.7 Å². The molecule has 0 aromatic heterocycles. The van der Waals surface area contributed by atoms with E-state index in [1.54, 1.807) is 36.4 Å². The minimum atomic E-state index is -0.922. The molecular formula is C29H29BrN4O7. The van der Waals surface area contributed by atoms with Crippen molar-refractivity contribution in [3.8, 4) is 23.0 Å². The summed E-state index contributed by atoms with van der Waals surface area (Å²) in [6.07, 6.45) is 1.36. The van der Waals surface area contributed by atoms with Gasteiger partial charge in [0.05, 0.1) is 12.8 Å². The van der Waals surface area contributed by atoms with Crippen molar-refractivity contribution in [3.63, 3.8) is 0 Å². The van der Waals surface area contributed by atoms with Crippen molar-refractivity contribution in [3.05, 3.63) is 75.3 Å². The van der Waals surface area contributed by atoms with E-state index in [2.05, 4.69) is 37.1 Å². The van der Waals surface area contributed by atoms with Crippen LogP contribution >= 0.6 is 15.9 Å². The van der Waals surface area contributed by atoms with E-state index in [-0.39, 0.29) is 25.9 Å². The van der Waals surface area contributed by atoms with Gasteiger partial charge in [-0.2, -0.15) is 5.10 Å². The summed E-state index contributed by atoms with van der Waals surface area (Å²) in [4.78, 5) is 36.8. The van der Waals surface area contributed by atoms with Gasteiger partial charge >= 0.3 is 11.8 Å². The molecule has 0 bridgehead atoms. The normalized spacial score (nSPS) is 11.7. The molecule has 3 amide bonds. The van der Waals surface area contributed by atoms with E-state index in [1.807, 2.05) is 32.9 Å². The van der Waals surface area contributed by atoms with E-state index < -0.39 is 11.8 Å². The molecule has 0 saturated carbocycles. The molecule has 0 fully saturated rings. The molecule has 11 nitrogen and oxygen atoms in total. The van der Waals surface area contributed by atoms with Gasteiger partial charge in [0.15, 0.2) is 29.6 Å². The van der Waals surface area contributed by atoms with Gasteiger partial charge in [0.1, 0.15) is 0 Å². The molecule has 41 heavy (non-hydrogen) atoms. The lowest BCUT2D eigenvalue weighted by molar-refractivity contribution is -0.139. The van der Waals surface area contributed by atoms with Gasteiger partial charge < -0.3 is 29.6 Å². The van der Waals surface area contributed by atoms with Gasteiger partial charge in [-0.15, -0.1) is 0 Å². The number of ether oxygens (including phenoxy) is 4. The molecule has 0 aliphatic carbocycles. The van der Waals surface area contributed by atoms with Crippen LogP contribution in [0, 0.1) is 13.8 Å². The molecule has 3 N–H and O–H groups in total. The van der Waals surface area contributed by atoms with Crippen LogP contribution in [0.25, 0.3) is 0 Å². The van der Waals surface area contributed by atoms with Gasteiger partial charge in [-0.05, 0) is 85.5 Å². The monoisotopic (exact) mass is 624 g/mol. The number of hydrogen-bond acceptors (Lipinski definition) is 8. The number of fused-ring (bicyclic) bond motifs is 1. The lowest BCUT2D eigenvalue weighted by Gasteiger charge is -2.14. The number of anilines is 1. The zero-order valence-electron chi connectivity index (χ0n) is 22.7. The number of nitrogens with zero attached hydrogens (tertiary/aromatic N) is 1. The first-order valence-electron chi connectivity index (χ1n) is 12.7. The minimum absolute atomic E-state index is 0.131. The number of nitrogens with one attached hydrogen (secondary N) is 3. The molecule has 3 aromatic rings. The van der Waals surface area contributed by atoms with Gasteiger partial charge in [0.2, 0.25) is 6.79 Å². The van der Waals surface area contributed by atoms with E-state index in [0.717, 1.165) is 26.9 Å². The smallest absolute Gasteiger partial charge is 0.329 e. The highest BCUT2D eigenvalue weighted by Crippen LogP contribution is 2.32. The molecule has 0 radical (unpaired) electrons. The summed E-state index contributed by atoms with van der Waals surface area (Å²) >= 11 is 3.45. The fraction of sp³-hybridized carbons (Fsp3) is 0.241. The summed E-state index contributed by atoms with van der Waals surface area (Å²) in [6.45, 7) is 6.07. The molecule has 214 valence electrons. The third-order valence-electron chi connectivity index (χ3n) is 5.86. The second-order valence-electron chi connectivity index (χ2n) is 8.96. The second kappa shape index (κ2) is 13.7. The lowest BCUT2D eigenvalue weighted by Crippen LogP contribution is -2.37. The number of hydrogen-bond donors (Lipinski definition) is 3. The van der Waals surface area contributed by atoms with E-state index in [4.69, 9.17) is 18.9 Å². The topological polar surface area (TPSA) is 137 Å². The summed E-state index contributed by atoms with van der Waals surface area (Å²) in [7, 11) is 0. The summed E-state index contributed by atoms with van der Waals surface area (Å²) in [5.74, 6) is -0.0940. The highest BCUT2D eigenvalue weighted by atomic mass is 79.9. The Hall–Kier alpha value is -4.58. The van der Waals surface area contributed by atoms with Gasteiger partial charge in [-0.25, -0.2) is 5.43 Å². The van der Waals surface area contributed by atoms with Crippen LogP contribution in [0.15, 0.2) is 58.1 Å². The number of carbonyl (C=O) groups is 3. The fourth-order valence-corrected chi connectivity index (χ4v) is 4.64. The number of halogens is 1. The third kappa shape index (κ3) is 7.98. The maximum absolute atomic E-state index is 12.6. The average molecular weight is 625 g/mol. The molecule has 0 saturated heterocycles. The van der Waals surface area contributed by atoms with Crippen LogP contribution in [0.5, 0.6) is 23.0 Å². The van der Waals surface area contributed by atoms with Crippen LogP contribution in [-0.4, -0.2) is 43.9 Å². The standard InChI is InChI=1S/C29H29BrN4O7/c1-4-38-24-12-20(6-7-22(24)39-15-26(35)33-27-17(2)9-21(30)10-18(27)3)14-32-34-29(37)28(36)31-13-19-5-8-23-25(11-19)41-16-40-23/h5-12,14H,4,13,15-16H2,1-3H3,(H,31,36)(H,33,35)(H,34,37)/b32-14-. The van der Waals surface area contributed by atoms with E-state index in [0.29, 0.717) is 35.2 Å². The van der Waals surface area contributed by atoms with Gasteiger partial charge in [-0.1, -0.05) is 22.0 Å². The zero-order chi connectivity index (χ0) is 29.4. The van der Waals surface area contributed by atoms with Crippen molar-refractivity contribution < 1.29 is 33.3 Å². The summed E-state index contributed by atoms with van der Waals surface area (Å²) in [5.41, 5.74) is 6.12. The van der Waals surface area contributed by atoms with Gasteiger partial charge in [0, 0.05) is 16.7 Å². The SMILES string of the molecule is CCOc1cc(/C=N\NC(=O)C(=O)NCc2ccc3c(c2)OCO3)ccc1OCC(=O)Nc1c(C)cc(Br)cc1C. The first kappa shape index (κ1) is 29.4. The number of hydrazone groups is 1. The Labute approximate surface area is 245 Å². The fourth-order valence-electron chi connectivity index (χ4n) is 3.95. The molecule has 12 heteroatoms. The van der Waals surface area contributed by atoms with E-state index >= 15 is 0 Å². The highest BCUT2D eigenvalue weighted by Gasteiger charge is 2.16. The van der Waals surface area contributed by atoms with Crippen molar-refractivity contribution >= 4 is 45.6 Å². The molecule has 1 aliphatic heterocycles. The molecule has 0 atom stereocenters. The second-order valence-corrected chi connectivity index (χ2v) is 9.88. The van der Waals surface area contributed by atoms with Crippen LogP contribution in [0.4, 0.5) is 5.69 Å². The Morgan fingerprint density at radius 3 is 2.46 bits per heavy atom. The van der Waals surface area contributed by atoms with Crippen molar-refractivity contribution in [2.75, 3.05) is 25.3 Å². The first-order chi connectivity index (χ1) is 19.7. The summed E-state index contributed by atoms with van der Waals surface area (Å²) in [6, 6.07) is 14.0. The first-order valence-corrected chi connectivity index (χ1v) is 13.5. The van der Waals surface area contributed by atoms with Crippen LogP contribution in [-0.2, 0) is 20.9 Å². The summed E-state index contributed by atoms with van der Waals surface area (Å²) in [5, 5.41) is 9.26. The van der Waals surface area contributed by atoms with Crippen LogP contribution < -0.4 is 35.0 Å². The zero-order valence-corrected chi connectivity index (χ0v) is 24.3. The number of benzene rings is 3. The van der Waals surface area contributed by atoms with Crippen LogP contribution in [0.3, 0.4) is 0 Å². The third-order valence-corrected chi connectivity index (χ3v) is 6.32. The lowest BCUT2D eigenvalue weighted by atomic mass is 10.1. The Bertz CT molecular complexity index is 1470. The van der Waals surface area contributed by atoms with Crippen molar-refractivity contribution in [1.29, 1.82) is 0 Å². The van der Waals surface area contributed by atoms with Crippen LogP contribution in [0.1, 0.15) is 29.2 Å². The Balaban J connectivity index is 1.28. The maximum Gasteiger partial charge on any atom is 0.329 e. The van der Waals surface area contributed by atoms with Crippen LogP contribution in [0.2, 0.25) is 0 Å². The minimum Gasteiger partial charge on any atom is -0.490 e. The molecule has 3 aromatic carbocycles. The predicted octanol–water partition coefficient (Wildman–Crippen LogP) is 3.98. The van der Waals surface area contributed by atoms with E-state index in [1.165, 1.54) is 6.21 Å².